The van der Waals surface area contributed by atoms with Crippen molar-refractivity contribution in [2.75, 3.05) is 13.1 Å². The molecule has 4 nitrogen and oxygen atoms in total. The molecule has 1 N–H and O–H groups in total. The van der Waals surface area contributed by atoms with Gasteiger partial charge in [-0.1, -0.05) is 18.6 Å². The zero-order valence-electron chi connectivity index (χ0n) is 10.0. The van der Waals surface area contributed by atoms with Gasteiger partial charge in [0.2, 0.25) is 0 Å². The molecule has 0 spiro atoms. The van der Waals surface area contributed by atoms with Gasteiger partial charge in [-0.15, -0.1) is 0 Å². The van der Waals surface area contributed by atoms with Gasteiger partial charge in [-0.05, 0) is 25.0 Å². The summed E-state index contributed by atoms with van der Waals surface area (Å²) in [5.41, 5.74) is 4.95. The highest BCUT2D eigenvalue weighted by Crippen LogP contribution is 2.12. The Hall–Kier alpha value is -1.68. The van der Waals surface area contributed by atoms with E-state index in [1.807, 2.05) is 5.01 Å². The molecule has 0 radical (unpaired) electrons. The third-order valence-corrected chi connectivity index (χ3v) is 2.94. The highest BCUT2D eigenvalue weighted by molar-refractivity contribution is 5.93. The van der Waals surface area contributed by atoms with E-state index in [2.05, 4.69) is 23.4 Å². The summed E-state index contributed by atoms with van der Waals surface area (Å²) in [5, 5.41) is 1.94. The van der Waals surface area contributed by atoms with Crippen molar-refractivity contribution in [3.63, 3.8) is 0 Å². The molecule has 2 heterocycles. The van der Waals surface area contributed by atoms with Crippen LogP contribution in [0.25, 0.3) is 0 Å². The number of hydrogen-bond acceptors (Lipinski definition) is 3. The third-order valence-electron chi connectivity index (χ3n) is 2.94. The number of carbonyl (C=O) groups is 1. The maximum atomic E-state index is 11.9. The second-order valence-corrected chi connectivity index (χ2v) is 4.09. The van der Waals surface area contributed by atoms with Gasteiger partial charge < -0.3 is 0 Å². The predicted octanol–water partition coefficient (Wildman–Crippen LogP) is 1.77. The van der Waals surface area contributed by atoms with Crippen molar-refractivity contribution in [3.8, 4) is 0 Å². The van der Waals surface area contributed by atoms with Crippen LogP contribution in [0.4, 0.5) is 0 Å². The number of pyridine rings is 1. The van der Waals surface area contributed by atoms with Gasteiger partial charge in [-0.3, -0.25) is 15.2 Å². The topological polar surface area (TPSA) is 45.2 Å². The molecule has 0 aliphatic carbocycles. The number of nitrogens with one attached hydrogen (secondary N) is 1. The average Bonchev–Trinajstić information content (AvgIpc) is 2.40. The summed E-state index contributed by atoms with van der Waals surface area (Å²) in [6, 6.07) is 3.53. The Balaban J connectivity index is 1.91. The van der Waals surface area contributed by atoms with Crippen LogP contribution < -0.4 is 5.43 Å². The minimum atomic E-state index is -0.0913. The molecule has 0 saturated carbocycles. The Bertz CT molecular complexity index is 414. The van der Waals surface area contributed by atoms with Crippen molar-refractivity contribution in [1.82, 2.24) is 15.4 Å². The van der Waals surface area contributed by atoms with Crippen LogP contribution in [0.5, 0.6) is 0 Å². The van der Waals surface area contributed by atoms with Crippen molar-refractivity contribution in [2.24, 2.45) is 0 Å². The normalized spacial score (nSPS) is 16.4. The van der Waals surface area contributed by atoms with E-state index >= 15 is 0 Å². The van der Waals surface area contributed by atoms with E-state index in [4.69, 9.17) is 0 Å². The zero-order valence-corrected chi connectivity index (χ0v) is 10.0. The molecule has 1 aromatic heterocycles. The number of carbonyl (C=O) groups excluding carboxylic acids is 1. The summed E-state index contributed by atoms with van der Waals surface area (Å²) < 4.78 is 0. The van der Waals surface area contributed by atoms with Gasteiger partial charge in [-0.25, -0.2) is 5.01 Å². The molecule has 2 rings (SSSR count). The molecule has 0 fully saturated rings. The molecule has 4 heteroatoms. The van der Waals surface area contributed by atoms with Crippen LogP contribution in [-0.2, 0) is 0 Å². The van der Waals surface area contributed by atoms with Crippen LogP contribution >= 0.6 is 0 Å². The van der Waals surface area contributed by atoms with E-state index in [0.29, 0.717) is 5.56 Å². The SMILES string of the molecule is CCC1=CCN(NC(=O)c2cccnc2)CC1. The van der Waals surface area contributed by atoms with Crippen LogP contribution in [0.15, 0.2) is 36.2 Å². The van der Waals surface area contributed by atoms with Crippen LogP contribution in [0.1, 0.15) is 30.1 Å². The first kappa shape index (κ1) is 11.8. The number of aromatic nitrogens is 1. The predicted molar refractivity (Wildman–Crippen MR) is 66.3 cm³/mol. The fourth-order valence-electron chi connectivity index (χ4n) is 1.84. The largest absolute Gasteiger partial charge is 0.284 e. The highest BCUT2D eigenvalue weighted by atomic mass is 16.2. The lowest BCUT2D eigenvalue weighted by molar-refractivity contribution is 0.0801. The molecule has 1 amide bonds. The second kappa shape index (κ2) is 5.59. The van der Waals surface area contributed by atoms with Crippen LogP contribution in [0, 0.1) is 0 Å². The number of nitrogens with zero attached hydrogens (tertiary/aromatic N) is 2. The van der Waals surface area contributed by atoms with E-state index in [0.717, 1.165) is 25.9 Å². The summed E-state index contributed by atoms with van der Waals surface area (Å²) in [6.45, 7) is 3.83. The van der Waals surface area contributed by atoms with E-state index in [-0.39, 0.29) is 5.91 Å². The molecule has 0 bridgehead atoms. The number of hydrogen-bond donors (Lipinski definition) is 1. The van der Waals surface area contributed by atoms with E-state index in [1.54, 1.807) is 24.5 Å². The van der Waals surface area contributed by atoms with Crippen molar-refractivity contribution in [1.29, 1.82) is 0 Å². The molecule has 90 valence electrons. The van der Waals surface area contributed by atoms with Gasteiger partial charge in [0.15, 0.2) is 0 Å². The van der Waals surface area contributed by atoms with Gasteiger partial charge in [-0.2, -0.15) is 0 Å². The van der Waals surface area contributed by atoms with Crippen molar-refractivity contribution in [2.45, 2.75) is 19.8 Å². The Kier molecular flexibility index (Phi) is 3.88. The van der Waals surface area contributed by atoms with E-state index in [9.17, 15) is 4.79 Å². The standard InChI is InChI=1S/C13H17N3O/c1-2-11-5-8-16(9-6-11)15-13(17)12-4-3-7-14-10-12/h3-5,7,10H,2,6,8-9H2,1H3,(H,15,17). The van der Waals surface area contributed by atoms with E-state index in [1.165, 1.54) is 5.57 Å². The van der Waals surface area contributed by atoms with Gasteiger partial charge in [0.1, 0.15) is 0 Å². The number of rotatable bonds is 3. The molecule has 1 aromatic rings. The Labute approximate surface area is 101 Å². The number of hydrazine groups is 1. The number of amides is 1. The first-order valence-electron chi connectivity index (χ1n) is 5.93. The minimum absolute atomic E-state index is 0.0913. The Morgan fingerprint density at radius 1 is 1.59 bits per heavy atom. The second-order valence-electron chi connectivity index (χ2n) is 4.09. The molecule has 0 unspecified atom stereocenters. The maximum Gasteiger partial charge on any atom is 0.267 e. The molecule has 1 aliphatic heterocycles. The van der Waals surface area contributed by atoms with Gasteiger partial charge in [0, 0.05) is 25.5 Å². The molecule has 0 aromatic carbocycles. The first-order chi connectivity index (χ1) is 8.29. The molecular formula is C13H17N3O. The summed E-state index contributed by atoms with van der Waals surface area (Å²) >= 11 is 0. The van der Waals surface area contributed by atoms with Crippen LogP contribution in [0.2, 0.25) is 0 Å². The lowest BCUT2D eigenvalue weighted by Crippen LogP contribution is -2.44. The first-order valence-corrected chi connectivity index (χ1v) is 5.93. The summed E-state index contributed by atoms with van der Waals surface area (Å²) in [5.74, 6) is -0.0913. The molecule has 17 heavy (non-hydrogen) atoms. The maximum absolute atomic E-state index is 11.9. The molecular weight excluding hydrogens is 214 g/mol. The smallest absolute Gasteiger partial charge is 0.267 e. The minimum Gasteiger partial charge on any atom is -0.284 e. The van der Waals surface area contributed by atoms with Gasteiger partial charge in [0.05, 0.1) is 5.56 Å². The third kappa shape index (κ3) is 3.14. The molecule has 1 aliphatic rings. The lowest BCUT2D eigenvalue weighted by Gasteiger charge is -2.26. The van der Waals surface area contributed by atoms with Crippen LogP contribution in [0.3, 0.4) is 0 Å². The lowest BCUT2D eigenvalue weighted by atomic mass is 10.1. The van der Waals surface area contributed by atoms with Crippen molar-refractivity contribution in [3.05, 3.63) is 41.7 Å². The Morgan fingerprint density at radius 2 is 2.47 bits per heavy atom. The summed E-state index contributed by atoms with van der Waals surface area (Å²) in [4.78, 5) is 15.8. The fourth-order valence-corrected chi connectivity index (χ4v) is 1.84. The quantitative estimate of drug-likeness (QED) is 0.806. The van der Waals surface area contributed by atoms with Crippen molar-refractivity contribution >= 4 is 5.91 Å². The average molecular weight is 231 g/mol. The monoisotopic (exact) mass is 231 g/mol. The fraction of sp³-hybridized carbons (Fsp3) is 0.385. The van der Waals surface area contributed by atoms with Gasteiger partial charge in [0.25, 0.3) is 5.91 Å². The highest BCUT2D eigenvalue weighted by Gasteiger charge is 2.13. The summed E-state index contributed by atoms with van der Waals surface area (Å²) in [7, 11) is 0. The zero-order chi connectivity index (χ0) is 12.1. The molecule has 0 saturated heterocycles. The summed E-state index contributed by atoms with van der Waals surface area (Å²) in [6.07, 6.45) is 7.56. The van der Waals surface area contributed by atoms with Crippen LogP contribution in [-0.4, -0.2) is 29.0 Å². The molecule has 0 atom stereocenters. The van der Waals surface area contributed by atoms with Gasteiger partial charge >= 0.3 is 0 Å². The Morgan fingerprint density at radius 3 is 3.06 bits per heavy atom. The van der Waals surface area contributed by atoms with Crippen molar-refractivity contribution < 1.29 is 4.79 Å². The van der Waals surface area contributed by atoms with E-state index < -0.39 is 0 Å².